The fraction of sp³-hybridized carbons (Fsp3) is 0.769. The number of hydrogen-bond donors (Lipinski definition) is 1. The van der Waals surface area contributed by atoms with E-state index in [9.17, 15) is 4.79 Å². The predicted octanol–water partition coefficient (Wildman–Crippen LogP) is 2.66. The standard InChI is InChI=1S/C13H25NO2/c1-5-8-12(7-3)14-10-9-11(6-2)13(15)16-4/h9,12,14H,5-8,10H2,1-4H3/b11-9-. The molecular formula is C13H25NO2. The van der Waals surface area contributed by atoms with Gasteiger partial charge >= 0.3 is 5.97 Å². The molecule has 0 aromatic heterocycles. The molecule has 0 aliphatic rings. The summed E-state index contributed by atoms with van der Waals surface area (Å²) in [6.07, 6.45) is 6.15. The van der Waals surface area contributed by atoms with Crippen molar-refractivity contribution in [2.24, 2.45) is 0 Å². The van der Waals surface area contributed by atoms with Gasteiger partial charge in [0.25, 0.3) is 0 Å². The highest BCUT2D eigenvalue weighted by Gasteiger charge is 2.07. The van der Waals surface area contributed by atoms with E-state index in [1.807, 2.05) is 13.0 Å². The summed E-state index contributed by atoms with van der Waals surface area (Å²) in [5.41, 5.74) is 0.751. The highest BCUT2D eigenvalue weighted by atomic mass is 16.5. The van der Waals surface area contributed by atoms with Crippen LogP contribution in [-0.4, -0.2) is 25.7 Å². The van der Waals surface area contributed by atoms with Gasteiger partial charge in [-0.3, -0.25) is 0 Å². The lowest BCUT2D eigenvalue weighted by molar-refractivity contribution is -0.136. The molecule has 0 spiro atoms. The molecule has 0 heterocycles. The predicted molar refractivity (Wildman–Crippen MR) is 67.4 cm³/mol. The number of carbonyl (C=O) groups is 1. The molecule has 1 N–H and O–H groups in total. The zero-order valence-corrected chi connectivity index (χ0v) is 11.0. The van der Waals surface area contributed by atoms with E-state index in [1.54, 1.807) is 0 Å². The van der Waals surface area contributed by atoms with Crippen molar-refractivity contribution < 1.29 is 9.53 Å². The van der Waals surface area contributed by atoms with Crippen LogP contribution in [0.2, 0.25) is 0 Å². The molecule has 0 radical (unpaired) electrons. The van der Waals surface area contributed by atoms with Gasteiger partial charge in [-0.1, -0.05) is 33.3 Å². The Labute approximate surface area is 99.3 Å². The van der Waals surface area contributed by atoms with E-state index < -0.39 is 0 Å². The molecule has 1 unspecified atom stereocenters. The average molecular weight is 227 g/mol. The lowest BCUT2D eigenvalue weighted by Gasteiger charge is -2.14. The van der Waals surface area contributed by atoms with Gasteiger partial charge in [0, 0.05) is 18.2 Å². The highest BCUT2D eigenvalue weighted by molar-refractivity contribution is 5.88. The Morgan fingerprint density at radius 1 is 1.38 bits per heavy atom. The molecule has 0 saturated carbocycles. The number of carbonyl (C=O) groups excluding carboxylic acids is 1. The third-order valence-electron chi connectivity index (χ3n) is 2.71. The Bertz CT molecular complexity index is 224. The normalized spacial score (nSPS) is 13.6. The molecule has 0 aromatic rings. The van der Waals surface area contributed by atoms with Gasteiger partial charge in [0.05, 0.1) is 7.11 Å². The van der Waals surface area contributed by atoms with Crippen LogP contribution in [0.4, 0.5) is 0 Å². The SMILES string of the molecule is CCCC(CC)NC/C=C(/CC)C(=O)OC. The molecule has 3 heteroatoms. The van der Waals surface area contributed by atoms with Gasteiger partial charge in [0.1, 0.15) is 0 Å². The maximum atomic E-state index is 11.3. The smallest absolute Gasteiger partial charge is 0.333 e. The molecule has 0 bridgehead atoms. The molecule has 0 fully saturated rings. The van der Waals surface area contributed by atoms with Gasteiger partial charge in [-0.2, -0.15) is 0 Å². The molecule has 16 heavy (non-hydrogen) atoms. The van der Waals surface area contributed by atoms with Crippen LogP contribution < -0.4 is 5.32 Å². The Hall–Kier alpha value is -0.830. The minimum atomic E-state index is -0.215. The molecule has 0 rings (SSSR count). The van der Waals surface area contributed by atoms with Crippen LogP contribution in [0.3, 0.4) is 0 Å². The lowest BCUT2D eigenvalue weighted by Crippen LogP contribution is -2.28. The molecule has 0 saturated heterocycles. The van der Waals surface area contributed by atoms with Crippen molar-refractivity contribution in [3.63, 3.8) is 0 Å². The Kier molecular flexibility index (Phi) is 8.91. The Morgan fingerprint density at radius 3 is 2.50 bits per heavy atom. The number of esters is 1. The van der Waals surface area contributed by atoms with E-state index in [4.69, 9.17) is 4.74 Å². The van der Waals surface area contributed by atoms with Crippen LogP contribution in [-0.2, 0) is 9.53 Å². The number of methoxy groups -OCH3 is 1. The first-order chi connectivity index (χ1) is 7.69. The quantitative estimate of drug-likeness (QED) is 0.512. The molecule has 0 aliphatic heterocycles. The minimum absolute atomic E-state index is 0.215. The van der Waals surface area contributed by atoms with E-state index >= 15 is 0 Å². The summed E-state index contributed by atoms with van der Waals surface area (Å²) in [7, 11) is 1.42. The monoisotopic (exact) mass is 227 g/mol. The van der Waals surface area contributed by atoms with Crippen LogP contribution in [0, 0.1) is 0 Å². The summed E-state index contributed by atoms with van der Waals surface area (Å²) >= 11 is 0. The summed E-state index contributed by atoms with van der Waals surface area (Å²) in [6.45, 7) is 7.08. The van der Waals surface area contributed by atoms with Crippen molar-refractivity contribution in [2.75, 3.05) is 13.7 Å². The summed E-state index contributed by atoms with van der Waals surface area (Å²) in [5, 5.41) is 3.43. The van der Waals surface area contributed by atoms with E-state index in [2.05, 4.69) is 19.2 Å². The second-order valence-electron chi connectivity index (χ2n) is 3.88. The first-order valence-electron chi connectivity index (χ1n) is 6.20. The van der Waals surface area contributed by atoms with Crippen LogP contribution in [0.5, 0.6) is 0 Å². The highest BCUT2D eigenvalue weighted by Crippen LogP contribution is 2.04. The van der Waals surface area contributed by atoms with Gasteiger partial charge in [-0.25, -0.2) is 4.79 Å². The largest absolute Gasteiger partial charge is 0.466 e. The molecule has 0 amide bonds. The number of nitrogens with one attached hydrogen (secondary N) is 1. The van der Waals surface area contributed by atoms with Crippen LogP contribution in [0.15, 0.2) is 11.6 Å². The van der Waals surface area contributed by atoms with Crippen molar-refractivity contribution in [2.45, 2.75) is 52.5 Å². The second-order valence-corrected chi connectivity index (χ2v) is 3.88. The van der Waals surface area contributed by atoms with Gasteiger partial charge < -0.3 is 10.1 Å². The van der Waals surface area contributed by atoms with Crippen LogP contribution in [0.25, 0.3) is 0 Å². The summed E-state index contributed by atoms with van der Waals surface area (Å²) in [6, 6.07) is 0.553. The van der Waals surface area contributed by atoms with Gasteiger partial charge in [-0.15, -0.1) is 0 Å². The number of rotatable bonds is 8. The summed E-state index contributed by atoms with van der Waals surface area (Å²) < 4.78 is 4.70. The first-order valence-corrected chi connectivity index (χ1v) is 6.20. The topological polar surface area (TPSA) is 38.3 Å². The minimum Gasteiger partial charge on any atom is -0.466 e. The second kappa shape index (κ2) is 9.40. The molecule has 1 atom stereocenters. The number of hydrogen-bond acceptors (Lipinski definition) is 3. The van der Waals surface area contributed by atoms with Crippen LogP contribution in [0.1, 0.15) is 46.5 Å². The van der Waals surface area contributed by atoms with Crippen LogP contribution >= 0.6 is 0 Å². The van der Waals surface area contributed by atoms with Gasteiger partial charge in [0.2, 0.25) is 0 Å². The fourth-order valence-corrected chi connectivity index (χ4v) is 1.65. The third kappa shape index (κ3) is 5.91. The average Bonchev–Trinajstić information content (AvgIpc) is 2.32. The lowest BCUT2D eigenvalue weighted by atomic mass is 10.1. The summed E-state index contributed by atoms with van der Waals surface area (Å²) in [5.74, 6) is -0.215. The van der Waals surface area contributed by atoms with Gasteiger partial charge in [0.15, 0.2) is 0 Å². The number of ether oxygens (including phenoxy) is 1. The maximum Gasteiger partial charge on any atom is 0.333 e. The molecule has 0 aromatic carbocycles. The van der Waals surface area contributed by atoms with Crippen molar-refractivity contribution in [1.29, 1.82) is 0 Å². The molecular weight excluding hydrogens is 202 g/mol. The van der Waals surface area contributed by atoms with Crippen molar-refractivity contribution in [1.82, 2.24) is 5.32 Å². The third-order valence-corrected chi connectivity index (χ3v) is 2.71. The van der Waals surface area contributed by atoms with E-state index in [0.29, 0.717) is 6.04 Å². The van der Waals surface area contributed by atoms with Crippen molar-refractivity contribution in [3.8, 4) is 0 Å². The molecule has 3 nitrogen and oxygen atoms in total. The molecule has 94 valence electrons. The van der Waals surface area contributed by atoms with Crippen molar-refractivity contribution in [3.05, 3.63) is 11.6 Å². The Balaban J connectivity index is 4.07. The zero-order chi connectivity index (χ0) is 12.4. The van der Waals surface area contributed by atoms with E-state index in [1.165, 1.54) is 20.0 Å². The maximum absolute atomic E-state index is 11.3. The van der Waals surface area contributed by atoms with E-state index in [0.717, 1.165) is 25.0 Å². The Morgan fingerprint density at radius 2 is 2.06 bits per heavy atom. The van der Waals surface area contributed by atoms with Gasteiger partial charge in [-0.05, 0) is 19.3 Å². The summed E-state index contributed by atoms with van der Waals surface area (Å²) in [4.78, 5) is 11.3. The zero-order valence-electron chi connectivity index (χ0n) is 11.0. The fourth-order valence-electron chi connectivity index (χ4n) is 1.65. The molecule has 0 aliphatic carbocycles. The van der Waals surface area contributed by atoms with Crippen molar-refractivity contribution >= 4 is 5.97 Å². The first kappa shape index (κ1) is 15.2. The van der Waals surface area contributed by atoms with E-state index in [-0.39, 0.29) is 5.97 Å².